The minimum atomic E-state index is -0.749. The summed E-state index contributed by atoms with van der Waals surface area (Å²) in [4.78, 5) is 36.8. The molecule has 122 valence electrons. The van der Waals surface area contributed by atoms with Gasteiger partial charge in [-0.2, -0.15) is 0 Å². The van der Waals surface area contributed by atoms with Gasteiger partial charge < -0.3 is 19.3 Å². The van der Waals surface area contributed by atoms with E-state index in [2.05, 4.69) is 4.98 Å². The molecule has 0 saturated carbocycles. The monoisotopic (exact) mass is 314 g/mol. The van der Waals surface area contributed by atoms with Crippen LogP contribution in [-0.4, -0.2) is 46.6 Å². The zero-order valence-corrected chi connectivity index (χ0v) is 12.3. The summed E-state index contributed by atoms with van der Waals surface area (Å²) in [6, 6.07) is 0. The van der Waals surface area contributed by atoms with Crippen molar-refractivity contribution in [1.82, 2.24) is 9.55 Å². The average molecular weight is 314 g/mol. The molecule has 2 N–H and O–H groups in total. The number of H-pyrrole nitrogens is 1. The van der Waals surface area contributed by atoms with Gasteiger partial charge in [0.05, 0.1) is 18.8 Å². The number of ether oxygens (including phenoxy) is 3. The van der Waals surface area contributed by atoms with Crippen molar-refractivity contribution < 1.29 is 24.1 Å². The highest BCUT2D eigenvalue weighted by Gasteiger charge is 2.38. The van der Waals surface area contributed by atoms with Gasteiger partial charge >= 0.3 is 11.7 Å². The maximum atomic E-state index is 11.9. The molecular weight excluding hydrogens is 296 g/mol. The Kier molecular flexibility index (Phi) is 5.11. The van der Waals surface area contributed by atoms with Crippen LogP contribution in [0.1, 0.15) is 25.1 Å². The second kappa shape index (κ2) is 6.86. The van der Waals surface area contributed by atoms with Crippen LogP contribution in [0.3, 0.4) is 0 Å². The molecule has 1 aromatic heterocycles. The van der Waals surface area contributed by atoms with E-state index in [1.54, 1.807) is 0 Å². The van der Waals surface area contributed by atoms with Gasteiger partial charge in [0.1, 0.15) is 18.4 Å². The first kappa shape index (κ1) is 16.4. The Labute approximate surface area is 125 Å². The van der Waals surface area contributed by atoms with E-state index in [1.165, 1.54) is 24.8 Å². The van der Waals surface area contributed by atoms with Crippen LogP contribution in [0.2, 0.25) is 0 Å². The second-order valence-corrected chi connectivity index (χ2v) is 4.95. The van der Waals surface area contributed by atoms with E-state index >= 15 is 0 Å². The summed E-state index contributed by atoms with van der Waals surface area (Å²) in [6.07, 6.45) is -0.583. The lowest BCUT2D eigenvalue weighted by Gasteiger charge is -2.15. The van der Waals surface area contributed by atoms with Gasteiger partial charge in [-0.05, 0) is 0 Å². The number of aromatic nitrogens is 2. The second-order valence-electron chi connectivity index (χ2n) is 4.95. The van der Waals surface area contributed by atoms with Gasteiger partial charge in [-0.15, -0.1) is 0 Å². The molecule has 3 atom stereocenters. The maximum absolute atomic E-state index is 11.9. The van der Waals surface area contributed by atoms with Crippen LogP contribution in [0.4, 0.5) is 0 Å². The van der Waals surface area contributed by atoms with Crippen LogP contribution in [0.15, 0.2) is 15.8 Å². The third kappa shape index (κ3) is 3.43. The number of rotatable bonds is 5. The van der Waals surface area contributed by atoms with Gasteiger partial charge in [0, 0.05) is 26.7 Å². The largest absolute Gasteiger partial charge is 0.460 e. The lowest BCUT2D eigenvalue weighted by molar-refractivity contribution is -0.150. The predicted molar refractivity (Wildman–Crippen MR) is 73.2 cm³/mol. The fourth-order valence-electron chi connectivity index (χ4n) is 2.37. The molecule has 1 saturated heterocycles. The molecule has 0 amide bonds. The minimum Gasteiger partial charge on any atom is -0.460 e. The Bertz CT molecular complexity index is 651. The number of esters is 1. The Morgan fingerprint density at radius 1 is 1.55 bits per heavy atom. The van der Waals surface area contributed by atoms with Gasteiger partial charge in [-0.1, -0.05) is 0 Å². The molecule has 9 heteroatoms. The number of nitrogens with zero attached hydrogens (tertiary/aromatic N) is 1. The summed E-state index contributed by atoms with van der Waals surface area (Å²) in [5.74, 6) is -0.499. The molecule has 22 heavy (non-hydrogen) atoms. The number of hydrogen-bond donors (Lipinski definition) is 2. The van der Waals surface area contributed by atoms with Crippen LogP contribution in [0.5, 0.6) is 0 Å². The molecule has 0 spiro atoms. The average Bonchev–Trinajstić information content (AvgIpc) is 2.83. The molecule has 1 aliphatic heterocycles. The van der Waals surface area contributed by atoms with Crippen LogP contribution in [0, 0.1) is 0 Å². The molecule has 2 rings (SSSR count). The summed E-state index contributed by atoms with van der Waals surface area (Å²) in [6.45, 7) is 0.946. The van der Waals surface area contributed by atoms with Crippen LogP contribution >= 0.6 is 0 Å². The van der Waals surface area contributed by atoms with Crippen molar-refractivity contribution in [3.63, 3.8) is 0 Å². The van der Waals surface area contributed by atoms with Crippen molar-refractivity contribution >= 4 is 5.97 Å². The molecule has 1 aliphatic rings. The SMILES string of the molecule is COCc1cn([C@H]2C[C@H](OC(C)=O)[C@@H](CO)O2)c(=O)[nH]c1=O. The molecule has 0 radical (unpaired) electrons. The van der Waals surface area contributed by atoms with Crippen molar-refractivity contribution in [2.45, 2.75) is 38.4 Å². The first-order valence-corrected chi connectivity index (χ1v) is 6.73. The normalized spacial score (nSPS) is 24.4. The van der Waals surface area contributed by atoms with Crippen molar-refractivity contribution in [1.29, 1.82) is 0 Å². The molecule has 0 bridgehead atoms. The first-order chi connectivity index (χ1) is 10.5. The molecule has 0 aromatic carbocycles. The van der Waals surface area contributed by atoms with E-state index in [0.717, 1.165) is 0 Å². The molecule has 1 aromatic rings. The van der Waals surface area contributed by atoms with Crippen LogP contribution in [-0.2, 0) is 25.6 Å². The number of hydrogen-bond acceptors (Lipinski definition) is 7. The van der Waals surface area contributed by atoms with E-state index in [-0.39, 0.29) is 25.2 Å². The number of carbonyl (C=O) groups is 1. The maximum Gasteiger partial charge on any atom is 0.330 e. The molecule has 9 nitrogen and oxygen atoms in total. The predicted octanol–water partition coefficient (Wildman–Crippen LogP) is -1.11. The number of nitrogens with one attached hydrogen (secondary N) is 1. The Hall–Kier alpha value is -1.97. The zero-order chi connectivity index (χ0) is 16.3. The Morgan fingerprint density at radius 3 is 2.86 bits per heavy atom. The van der Waals surface area contributed by atoms with Crippen molar-refractivity contribution in [2.24, 2.45) is 0 Å². The molecule has 0 unspecified atom stereocenters. The summed E-state index contributed by atoms with van der Waals surface area (Å²) < 4.78 is 16.7. The van der Waals surface area contributed by atoms with Gasteiger partial charge in [-0.3, -0.25) is 19.1 Å². The molecular formula is C13H18N2O7. The summed E-state index contributed by atoms with van der Waals surface area (Å²) in [7, 11) is 1.43. The van der Waals surface area contributed by atoms with E-state index < -0.39 is 35.7 Å². The van der Waals surface area contributed by atoms with Crippen molar-refractivity contribution in [3.8, 4) is 0 Å². The molecule has 0 aliphatic carbocycles. The van der Waals surface area contributed by atoms with E-state index in [4.69, 9.17) is 14.2 Å². The number of carbonyl (C=O) groups excluding carboxylic acids is 1. The highest BCUT2D eigenvalue weighted by molar-refractivity contribution is 5.66. The number of methoxy groups -OCH3 is 1. The Morgan fingerprint density at radius 2 is 2.27 bits per heavy atom. The third-order valence-corrected chi connectivity index (χ3v) is 3.33. The standard InChI is InChI=1S/C13H18N2O7/c1-7(17)21-9-3-11(22-10(9)5-16)15-4-8(6-20-2)12(18)14-13(15)19/h4,9-11,16H,3,5-6H2,1-2H3,(H,14,18,19)/t9-,10+,11+/m0/s1. The van der Waals surface area contributed by atoms with Crippen molar-refractivity contribution in [3.05, 3.63) is 32.6 Å². The lowest BCUT2D eigenvalue weighted by Crippen LogP contribution is -2.34. The van der Waals surface area contributed by atoms with Gasteiger partial charge in [-0.25, -0.2) is 4.79 Å². The topological polar surface area (TPSA) is 120 Å². The van der Waals surface area contributed by atoms with Gasteiger partial charge in [0.2, 0.25) is 0 Å². The fourth-order valence-corrected chi connectivity index (χ4v) is 2.37. The van der Waals surface area contributed by atoms with E-state index in [9.17, 15) is 19.5 Å². The molecule has 2 heterocycles. The summed E-state index contributed by atoms with van der Waals surface area (Å²) in [5, 5.41) is 9.28. The quantitative estimate of drug-likeness (QED) is 0.661. The lowest BCUT2D eigenvalue weighted by atomic mass is 10.2. The zero-order valence-electron chi connectivity index (χ0n) is 12.3. The van der Waals surface area contributed by atoms with Gasteiger partial charge in [0.25, 0.3) is 5.56 Å². The number of aliphatic hydroxyl groups excluding tert-OH is 1. The summed E-state index contributed by atoms with van der Waals surface area (Å²) >= 11 is 0. The van der Waals surface area contributed by atoms with Crippen LogP contribution in [0.25, 0.3) is 0 Å². The highest BCUT2D eigenvalue weighted by atomic mass is 16.6. The fraction of sp³-hybridized carbons (Fsp3) is 0.615. The number of aliphatic hydroxyl groups is 1. The smallest absolute Gasteiger partial charge is 0.330 e. The number of aromatic amines is 1. The van der Waals surface area contributed by atoms with Crippen LogP contribution < -0.4 is 11.2 Å². The third-order valence-electron chi connectivity index (χ3n) is 3.33. The minimum absolute atomic E-state index is 0.0408. The van der Waals surface area contributed by atoms with Gasteiger partial charge in [0.15, 0.2) is 0 Å². The summed E-state index contributed by atoms with van der Waals surface area (Å²) in [5.41, 5.74) is -0.909. The Balaban J connectivity index is 2.28. The van der Waals surface area contributed by atoms with E-state index in [1.807, 2.05) is 0 Å². The van der Waals surface area contributed by atoms with E-state index in [0.29, 0.717) is 0 Å². The highest BCUT2D eigenvalue weighted by Crippen LogP contribution is 2.29. The molecule has 1 fully saturated rings. The first-order valence-electron chi connectivity index (χ1n) is 6.73. The van der Waals surface area contributed by atoms with Crippen molar-refractivity contribution in [2.75, 3.05) is 13.7 Å².